The molecular formula is C19H23ClN4O. The Morgan fingerprint density at radius 2 is 2.04 bits per heavy atom. The highest BCUT2D eigenvalue weighted by molar-refractivity contribution is 6.30. The monoisotopic (exact) mass is 358 g/mol. The highest BCUT2D eigenvalue weighted by Gasteiger charge is 2.27. The molecule has 2 aliphatic rings. The molecule has 0 bridgehead atoms. The molecule has 5 nitrogen and oxygen atoms in total. The van der Waals surface area contributed by atoms with Crippen molar-refractivity contribution in [3.8, 4) is 0 Å². The maximum atomic E-state index is 11.9. The minimum atomic E-state index is 0.300. The number of hydrogen-bond donors (Lipinski definition) is 0. The van der Waals surface area contributed by atoms with Gasteiger partial charge in [-0.05, 0) is 36.6 Å². The Kier molecular flexibility index (Phi) is 4.77. The van der Waals surface area contributed by atoms with Crippen molar-refractivity contribution in [1.82, 2.24) is 19.6 Å². The van der Waals surface area contributed by atoms with Crippen molar-refractivity contribution < 1.29 is 4.79 Å². The Labute approximate surface area is 153 Å². The van der Waals surface area contributed by atoms with Gasteiger partial charge in [0.1, 0.15) is 0 Å². The van der Waals surface area contributed by atoms with Crippen LogP contribution in [0.1, 0.15) is 36.6 Å². The number of carbonyl (C=O) groups excluding carboxylic acids is 1. The molecule has 0 saturated carbocycles. The van der Waals surface area contributed by atoms with E-state index in [2.05, 4.69) is 32.9 Å². The molecular weight excluding hydrogens is 336 g/mol. The van der Waals surface area contributed by atoms with E-state index in [9.17, 15) is 4.79 Å². The van der Waals surface area contributed by atoms with E-state index in [-0.39, 0.29) is 0 Å². The number of nitrogens with zero attached hydrogens (tertiary/aromatic N) is 4. The van der Waals surface area contributed by atoms with Crippen molar-refractivity contribution >= 4 is 17.5 Å². The Balaban J connectivity index is 1.43. The molecule has 1 atom stereocenters. The van der Waals surface area contributed by atoms with Gasteiger partial charge in [0.05, 0.1) is 11.7 Å². The van der Waals surface area contributed by atoms with Crippen LogP contribution in [0.5, 0.6) is 0 Å². The molecule has 1 aromatic heterocycles. The number of rotatable bonds is 5. The van der Waals surface area contributed by atoms with Gasteiger partial charge in [-0.15, -0.1) is 0 Å². The third kappa shape index (κ3) is 3.72. The summed E-state index contributed by atoms with van der Waals surface area (Å²) in [7, 11) is 0. The summed E-state index contributed by atoms with van der Waals surface area (Å²) < 4.78 is 2.15. The highest BCUT2D eigenvalue weighted by atomic mass is 35.5. The summed E-state index contributed by atoms with van der Waals surface area (Å²) in [5, 5.41) is 5.30. The van der Waals surface area contributed by atoms with E-state index < -0.39 is 0 Å². The van der Waals surface area contributed by atoms with Gasteiger partial charge in [0.15, 0.2) is 0 Å². The van der Waals surface area contributed by atoms with Gasteiger partial charge in [0, 0.05) is 50.4 Å². The summed E-state index contributed by atoms with van der Waals surface area (Å²) in [4.78, 5) is 16.3. The first-order valence-corrected chi connectivity index (χ1v) is 9.34. The number of fused-ring (bicyclic) bond motifs is 1. The van der Waals surface area contributed by atoms with Gasteiger partial charge >= 0.3 is 0 Å². The van der Waals surface area contributed by atoms with E-state index in [1.165, 1.54) is 11.3 Å². The lowest BCUT2D eigenvalue weighted by Gasteiger charge is -2.34. The second-order valence-electron chi connectivity index (χ2n) is 6.99. The van der Waals surface area contributed by atoms with Crippen molar-refractivity contribution in [3.63, 3.8) is 0 Å². The van der Waals surface area contributed by atoms with Crippen LogP contribution in [0, 0.1) is 0 Å². The van der Waals surface area contributed by atoms with Crippen molar-refractivity contribution in [2.45, 2.75) is 38.4 Å². The third-order valence-electron chi connectivity index (χ3n) is 5.18. The number of aromatic nitrogens is 2. The zero-order valence-electron chi connectivity index (χ0n) is 14.3. The first kappa shape index (κ1) is 16.6. The zero-order chi connectivity index (χ0) is 17.2. The van der Waals surface area contributed by atoms with Gasteiger partial charge < -0.3 is 4.90 Å². The van der Waals surface area contributed by atoms with E-state index in [0.29, 0.717) is 18.4 Å². The molecule has 6 heteroatoms. The molecule has 3 heterocycles. The predicted octanol–water partition coefficient (Wildman–Crippen LogP) is 3.11. The molecule has 1 aromatic carbocycles. The van der Waals surface area contributed by atoms with Gasteiger partial charge in [0.2, 0.25) is 5.91 Å². The molecule has 1 fully saturated rings. The Morgan fingerprint density at radius 3 is 2.80 bits per heavy atom. The normalized spacial score (nSPS) is 20.9. The molecule has 25 heavy (non-hydrogen) atoms. The van der Waals surface area contributed by atoms with Crippen molar-refractivity contribution in [2.75, 3.05) is 19.6 Å². The topological polar surface area (TPSA) is 41.4 Å². The third-order valence-corrected chi connectivity index (χ3v) is 5.43. The maximum absolute atomic E-state index is 11.9. The standard InChI is InChI=1S/C19H23ClN4O/c20-16-5-3-15(4-6-16)12-22-13-17-7-9-21-24(17)18(14-22)8-11-23-10-1-2-19(23)25/h3-7,9,18H,1-2,8,10-14H2/t18-/m0/s1. The number of carbonyl (C=O) groups is 1. The lowest BCUT2D eigenvalue weighted by atomic mass is 10.1. The van der Waals surface area contributed by atoms with Crippen LogP contribution >= 0.6 is 11.6 Å². The molecule has 1 amide bonds. The summed E-state index contributed by atoms with van der Waals surface area (Å²) in [6.07, 6.45) is 4.55. The maximum Gasteiger partial charge on any atom is 0.222 e. The Morgan fingerprint density at radius 1 is 1.20 bits per heavy atom. The molecule has 0 spiro atoms. The fraction of sp³-hybridized carbons (Fsp3) is 0.474. The fourth-order valence-electron chi connectivity index (χ4n) is 3.89. The van der Waals surface area contributed by atoms with Gasteiger partial charge in [-0.2, -0.15) is 5.10 Å². The van der Waals surface area contributed by atoms with Crippen LogP contribution in [-0.2, 0) is 17.9 Å². The Hall–Kier alpha value is -1.85. The van der Waals surface area contributed by atoms with Gasteiger partial charge in [-0.25, -0.2) is 0 Å². The van der Waals surface area contributed by atoms with E-state index in [1.807, 2.05) is 23.2 Å². The summed E-state index contributed by atoms with van der Waals surface area (Å²) >= 11 is 5.99. The molecule has 0 N–H and O–H groups in total. The average Bonchev–Trinajstić information content (AvgIpc) is 3.23. The predicted molar refractivity (Wildman–Crippen MR) is 97.3 cm³/mol. The molecule has 0 radical (unpaired) electrons. The molecule has 4 rings (SSSR count). The smallest absolute Gasteiger partial charge is 0.222 e. The largest absolute Gasteiger partial charge is 0.343 e. The van der Waals surface area contributed by atoms with Crippen molar-refractivity contribution in [1.29, 1.82) is 0 Å². The molecule has 1 saturated heterocycles. The summed E-state index contributed by atoms with van der Waals surface area (Å²) in [5.74, 6) is 0.300. The quantitative estimate of drug-likeness (QED) is 0.824. The molecule has 0 unspecified atom stereocenters. The van der Waals surface area contributed by atoms with Crippen LogP contribution in [0.25, 0.3) is 0 Å². The SMILES string of the molecule is O=C1CCCN1CC[C@H]1CN(Cc2ccc(Cl)cc2)Cc2ccnn21. The molecule has 2 aromatic rings. The highest BCUT2D eigenvalue weighted by Crippen LogP contribution is 2.25. The number of likely N-dealkylation sites (tertiary alicyclic amines) is 1. The average molecular weight is 359 g/mol. The van der Waals surface area contributed by atoms with Crippen molar-refractivity contribution in [2.24, 2.45) is 0 Å². The van der Waals surface area contributed by atoms with Crippen LogP contribution in [0.3, 0.4) is 0 Å². The minimum absolute atomic E-state index is 0.300. The van der Waals surface area contributed by atoms with E-state index in [1.54, 1.807) is 0 Å². The number of amides is 1. The lowest BCUT2D eigenvalue weighted by molar-refractivity contribution is -0.127. The zero-order valence-corrected chi connectivity index (χ0v) is 15.0. The number of hydrogen-bond acceptors (Lipinski definition) is 3. The van der Waals surface area contributed by atoms with E-state index >= 15 is 0 Å². The first-order valence-electron chi connectivity index (χ1n) is 8.96. The fourth-order valence-corrected chi connectivity index (χ4v) is 4.02. The molecule has 2 aliphatic heterocycles. The number of halogens is 1. The van der Waals surface area contributed by atoms with Crippen LogP contribution in [0.4, 0.5) is 0 Å². The Bertz CT molecular complexity index is 742. The van der Waals surface area contributed by atoms with Gasteiger partial charge in [0.25, 0.3) is 0 Å². The second-order valence-corrected chi connectivity index (χ2v) is 7.43. The molecule has 0 aliphatic carbocycles. The van der Waals surface area contributed by atoms with Crippen LogP contribution in [0.2, 0.25) is 5.02 Å². The summed E-state index contributed by atoms with van der Waals surface area (Å²) in [6.45, 7) is 4.51. The van der Waals surface area contributed by atoms with E-state index in [4.69, 9.17) is 11.6 Å². The summed E-state index contributed by atoms with van der Waals surface area (Å²) in [6, 6.07) is 10.5. The van der Waals surface area contributed by atoms with E-state index in [0.717, 1.165) is 50.6 Å². The second kappa shape index (κ2) is 7.18. The minimum Gasteiger partial charge on any atom is -0.343 e. The van der Waals surface area contributed by atoms with Crippen LogP contribution < -0.4 is 0 Å². The lowest BCUT2D eigenvalue weighted by Crippen LogP contribution is -2.39. The van der Waals surface area contributed by atoms with Crippen LogP contribution in [0.15, 0.2) is 36.5 Å². The van der Waals surface area contributed by atoms with Crippen molar-refractivity contribution in [3.05, 3.63) is 52.8 Å². The van der Waals surface area contributed by atoms with Gasteiger partial charge in [-0.3, -0.25) is 14.4 Å². The molecule has 132 valence electrons. The number of benzene rings is 1. The van der Waals surface area contributed by atoms with Gasteiger partial charge in [-0.1, -0.05) is 23.7 Å². The first-order chi connectivity index (χ1) is 12.2. The van der Waals surface area contributed by atoms with Crippen LogP contribution in [-0.4, -0.2) is 45.1 Å². The summed E-state index contributed by atoms with van der Waals surface area (Å²) in [5.41, 5.74) is 2.52.